The molecule has 0 saturated carbocycles. The van der Waals surface area contributed by atoms with Crippen molar-refractivity contribution in [1.82, 2.24) is 25.3 Å². The predicted molar refractivity (Wildman–Crippen MR) is 92.2 cm³/mol. The Bertz CT molecular complexity index is 611. The maximum atomic E-state index is 12.7. The van der Waals surface area contributed by atoms with E-state index in [1.165, 1.54) is 0 Å². The Morgan fingerprint density at radius 3 is 2.80 bits per heavy atom. The fraction of sp³-hybridized carbons (Fsp3) is 0.706. The molecule has 1 aromatic rings. The van der Waals surface area contributed by atoms with Crippen LogP contribution in [0, 0.1) is 12.8 Å². The van der Waals surface area contributed by atoms with Crippen molar-refractivity contribution in [2.75, 3.05) is 46.4 Å². The Kier molecular flexibility index (Phi) is 5.70. The van der Waals surface area contributed by atoms with E-state index in [9.17, 15) is 9.59 Å². The Morgan fingerprint density at radius 1 is 1.36 bits per heavy atom. The lowest BCUT2D eigenvalue weighted by Gasteiger charge is -2.38. The van der Waals surface area contributed by atoms with Crippen molar-refractivity contribution in [2.24, 2.45) is 5.92 Å². The minimum Gasteiger partial charge on any atom is -0.381 e. The molecule has 2 amide bonds. The zero-order chi connectivity index (χ0) is 17.8. The van der Waals surface area contributed by atoms with Crippen molar-refractivity contribution in [3.63, 3.8) is 0 Å². The summed E-state index contributed by atoms with van der Waals surface area (Å²) in [5, 5.41) is 9.77. The van der Waals surface area contributed by atoms with Gasteiger partial charge in [0.2, 0.25) is 5.91 Å². The van der Waals surface area contributed by atoms with Gasteiger partial charge in [-0.1, -0.05) is 0 Å². The number of nitrogens with zero attached hydrogens (tertiary/aromatic N) is 3. The molecule has 0 bridgehead atoms. The summed E-state index contributed by atoms with van der Waals surface area (Å²) in [6.07, 6.45) is 3.53. The van der Waals surface area contributed by atoms with Gasteiger partial charge in [0.05, 0.1) is 11.8 Å². The molecule has 2 N–H and O–H groups in total. The zero-order valence-corrected chi connectivity index (χ0v) is 15.0. The molecule has 2 fully saturated rings. The molecular weight excluding hydrogens is 322 g/mol. The van der Waals surface area contributed by atoms with Crippen LogP contribution in [0.4, 0.5) is 0 Å². The number of amides is 2. The van der Waals surface area contributed by atoms with Gasteiger partial charge in [0.15, 0.2) is 0 Å². The van der Waals surface area contributed by atoms with E-state index in [1.807, 2.05) is 18.9 Å². The van der Waals surface area contributed by atoms with Gasteiger partial charge in [0.1, 0.15) is 6.04 Å². The lowest BCUT2D eigenvalue weighted by molar-refractivity contribution is -0.128. The maximum absolute atomic E-state index is 12.7. The fourth-order valence-corrected chi connectivity index (χ4v) is 3.39. The van der Waals surface area contributed by atoms with Gasteiger partial charge in [-0.2, -0.15) is 5.10 Å². The van der Waals surface area contributed by atoms with Crippen LogP contribution in [0.1, 0.15) is 28.9 Å². The number of nitrogens with one attached hydrogen (secondary N) is 2. The first-order chi connectivity index (χ1) is 12.1. The van der Waals surface area contributed by atoms with E-state index >= 15 is 0 Å². The summed E-state index contributed by atoms with van der Waals surface area (Å²) in [6, 6.07) is -0.315. The SMILES string of the molecule is Cc1[nH]ncc1C(=O)N1CCN(C)[C@H](C(=O)NCC2CCOCC2)C1. The number of hydrogen-bond donors (Lipinski definition) is 2. The molecule has 8 nitrogen and oxygen atoms in total. The van der Waals surface area contributed by atoms with Crippen LogP contribution in [-0.4, -0.2) is 84.3 Å². The Labute approximate surface area is 147 Å². The monoisotopic (exact) mass is 349 g/mol. The number of aromatic amines is 1. The summed E-state index contributed by atoms with van der Waals surface area (Å²) in [5.41, 5.74) is 1.33. The Morgan fingerprint density at radius 2 is 2.12 bits per heavy atom. The molecule has 0 unspecified atom stereocenters. The summed E-state index contributed by atoms with van der Waals surface area (Å²) >= 11 is 0. The number of carbonyl (C=O) groups excluding carboxylic acids is 2. The van der Waals surface area contributed by atoms with E-state index < -0.39 is 0 Å². The summed E-state index contributed by atoms with van der Waals surface area (Å²) in [4.78, 5) is 29.1. The topological polar surface area (TPSA) is 90.6 Å². The first-order valence-electron chi connectivity index (χ1n) is 8.91. The molecule has 138 valence electrons. The van der Waals surface area contributed by atoms with Crippen LogP contribution in [0.25, 0.3) is 0 Å². The highest BCUT2D eigenvalue weighted by Gasteiger charge is 2.33. The standard InChI is InChI=1S/C17H27N5O3/c1-12-14(10-19-20-12)17(24)22-6-5-21(2)15(11-22)16(23)18-9-13-3-7-25-8-4-13/h10,13,15H,3-9,11H2,1-2H3,(H,18,23)(H,19,20)/t15-/m0/s1. The zero-order valence-electron chi connectivity index (χ0n) is 15.0. The molecule has 3 heterocycles. The van der Waals surface area contributed by atoms with Crippen molar-refractivity contribution in [3.05, 3.63) is 17.5 Å². The highest BCUT2D eigenvalue weighted by atomic mass is 16.5. The molecule has 2 aliphatic rings. The molecule has 25 heavy (non-hydrogen) atoms. The average Bonchev–Trinajstić information content (AvgIpc) is 3.06. The van der Waals surface area contributed by atoms with E-state index in [0.29, 0.717) is 37.7 Å². The van der Waals surface area contributed by atoms with Crippen LogP contribution < -0.4 is 5.32 Å². The van der Waals surface area contributed by atoms with Crippen LogP contribution in [0.3, 0.4) is 0 Å². The second-order valence-electron chi connectivity index (χ2n) is 6.96. The van der Waals surface area contributed by atoms with Crippen molar-refractivity contribution in [1.29, 1.82) is 0 Å². The predicted octanol–water partition coefficient (Wildman–Crippen LogP) is 0.0171. The van der Waals surface area contributed by atoms with Gasteiger partial charge in [-0.15, -0.1) is 0 Å². The normalized spacial score (nSPS) is 22.8. The molecule has 1 aromatic heterocycles. The second-order valence-corrected chi connectivity index (χ2v) is 6.96. The van der Waals surface area contributed by atoms with E-state index in [4.69, 9.17) is 4.74 Å². The van der Waals surface area contributed by atoms with E-state index in [0.717, 1.165) is 31.7 Å². The Hall–Kier alpha value is -1.93. The molecular formula is C17H27N5O3. The van der Waals surface area contributed by atoms with Crippen LogP contribution >= 0.6 is 0 Å². The Balaban J connectivity index is 1.57. The van der Waals surface area contributed by atoms with Crippen molar-refractivity contribution in [3.8, 4) is 0 Å². The van der Waals surface area contributed by atoms with Gasteiger partial charge in [-0.25, -0.2) is 0 Å². The van der Waals surface area contributed by atoms with Crippen LogP contribution in [0.2, 0.25) is 0 Å². The fourth-order valence-electron chi connectivity index (χ4n) is 3.39. The van der Waals surface area contributed by atoms with Gasteiger partial charge in [-0.3, -0.25) is 19.6 Å². The minimum atomic E-state index is -0.315. The number of likely N-dealkylation sites (N-methyl/N-ethyl adjacent to an activating group) is 1. The van der Waals surface area contributed by atoms with Gasteiger partial charge in [0.25, 0.3) is 5.91 Å². The number of aryl methyl sites for hydroxylation is 1. The molecule has 0 radical (unpaired) electrons. The smallest absolute Gasteiger partial charge is 0.257 e. The third-order valence-electron chi connectivity index (χ3n) is 5.20. The number of carbonyl (C=O) groups is 2. The number of ether oxygens (including phenoxy) is 1. The largest absolute Gasteiger partial charge is 0.381 e. The number of H-pyrrole nitrogens is 1. The number of rotatable bonds is 4. The highest BCUT2D eigenvalue weighted by molar-refractivity contribution is 5.95. The quantitative estimate of drug-likeness (QED) is 0.800. The maximum Gasteiger partial charge on any atom is 0.257 e. The van der Waals surface area contributed by atoms with Crippen molar-refractivity contribution >= 4 is 11.8 Å². The highest BCUT2D eigenvalue weighted by Crippen LogP contribution is 2.15. The van der Waals surface area contributed by atoms with Gasteiger partial charge in [-0.05, 0) is 32.7 Å². The number of aromatic nitrogens is 2. The van der Waals surface area contributed by atoms with Crippen molar-refractivity contribution < 1.29 is 14.3 Å². The second kappa shape index (κ2) is 7.97. The number of piperazine rings is 1. The third kappa shape index (κ3) is 4.19. The summed E-state index contributed by atoms with van der Waals surface area (Å²) in [6.45, 7) is 5.75. The molecule has 2 saturated heterocycles. The molecule has 0 spiro atoms. The summed E-state index contributed by atoms with van der Waals surface area (Å²) in [5.74, 6) is 0.412. The summed E-state index contributed by atoms with van der Waals surface area (Å²) < 4.78 is 5.35. The lowest BCUT2D eigenvalue weighted by atomic mass is 10.00. The van der Waals surface area contributed by atoms with Crippen LogP contribution in [0.15, 0.2) is 6.20 Å². The first-order valence-corrected chi connectivity index (χ1v) is 8.91. The van der Waals surface area contributed by atoms with Crippen LogP contribution in [0.5, 0.6) is 0 Å². The minimum absolute atomic E-state index is 0.00425. The molecule has 0 aromatic carbocycles. The summed E-state index contributed by atoms with van der Waals surface area (Å²) in [7, 11) is 1.93. The number of hydrogen-bond acceptors (Lipinski definition) is 5. The average molecular weight is 349 g/mol. The van der Waals surface area contributed by atoms with E-state index in [-0.39, 0.29) is 17.9 Å². The van der Waals surface area contributed by atoms with E-state index in [2.05, 4.69) is 15.5 Å². The molecule has 2 aliphatic heterocycles. The first kappa shape index (κ1) is 17.9. The van der Waals surface area contributed by atoms with Gasteiger partial charge in [0, 0.05) is 45.1 Å². The van der Waals surface area contributed by atoms with E-state index in [1.54, 1.807) is 11.1 Å². The van der Waals surface area contributed by atoms with Gasteiger partial charge >= 0.3 is 0 Å². The molecule has 8 heteroatoms. The van der Waals surface area contributed by atoms with Gasteiger partial charge < -0.3 is 15.0 Å². The van der Waals surface area contributed by atoms with Crippen molar-refractivity contribution in [2.45, 2.75) is 25.8 Å². The molecule has 3 rings (SSSR count). The molecule has 1 atom stereocenters. The third-order valence-corrected chi connectivity index (χ3v) is 5.20. The van der Waals surface area contributed by atoms with Crippen LogP contribution in [-0.2, 0) is 9.53 Å². The molecule has 0 aliphatic carbocycles. The lowest BCUT2D eigenvalue weighted by Crippen LogP contribution is -2.59.